The largest absolute Gasteiger partial charge is 0.480 e. The summed E-state index contributed by atoms with van der Waals surface area (Å²) in [6.45, 7) is 20.8. The number of carbonyl (C=O) groups is 3. The SMILES string of the molecule is CCCC(=O)O[C@@H]1CCC2(C)C(CC[C@]3(C)C2CCC2C4C(C(C)C)CC[C@]4(C(=O)NC(C)C(=O)O)CC[C@]23C)C1(C)C. The van der Waals surface area contributed by atoms with E-state index in [9.17, 15) is 19.5 Å². The summed E-state index contributed by atoms with van der Waals surface area (Å²) in [6, 6.07) is -0.864. The third-order valence-corrected chi connectivity index (χ3v) is 15.2. The van der Waals surface area contributed by atoms with Crippen LogP contribution in [-0.2, 0) is 19.1 Å². The van der Waals surface area contributed by atoms with Gasteiger partial charge >= 0.3 is 11.9 Å². The van der Waals surface area contributed by atoms with Crippen molar-refractivity contribution in [1.29, 1.82) is 0 Å². The number of aliphatic carboxylic acids is 1. The second-order valence-corrected chi connectivity index (χ2v) is 17.4. The number of carbonyl (C=O) groups excluding carboxylic acids is 2. The summed E-state index contributed by atoms with van der Waals surface area (Å²) in [5.74, 6) is 1.91. The highest BCUT2D eigenvalue weighted by Crippen LogP contribution is 2.77. The van der Waals surface area contributed by atoms with E-state index in [2.05, 4.69) is 53.8 Å². The van der Waals surface area contributed by atoms with E-state index >= 15 is 0 Å². The molecule has 1 amide bonds. The lowest BCUT2D eigenvalue weighted by atomic mass is 9.32. The standard InChI is InChI=1S/C37H61NO5/c1-10-11-29(39)43-28-16-17-34(7)26(33(28,5)6)15-18-36(9)27(34)13-12-25-30-24(22(2)3)14-19-37(30,21-20-35(25,36)8)32(42)38-23(4)31(40)41/h22-28,30H,10-21H2,1-9H3,(H,38,42)(H,40,41)/t23?,24?,25?,26?,27?,28-,30?,34?,35-,36-,37+/m1/s1. The number of hydrogen-bond acceptors (Lipinski definition) is 4. The minimum Gasteiger partial charge on any atom is -0.480 e. The van der Waals surface area contributed by atoms with Gasteiger partial charge in [-0.25, -0.2) is 0 Å². The summed E-state index contributed by atoms with van der Waals surface area (Å²) in [4.78, 5) is 38.4. The molecule has 5 fully saturated rings. The normalized spacial score (nSPS) is 45.6. The fraction of sp³-hybridized carbons (Fsp3) is 0.919. The van der Waals surface area contributed by atoms with Gasteiger partial charge in [-0.1, -0.05) is 55.4 Å². The molecule has 6 nitrogen and oxygen atoms in total. The first-order valence-electron chi connectivity index (χ1n) is 17.7. The van der Waals surface area contributed by atoms with Gasteiger partial charge in [0.1, 0.15) is 12.1 Å². The van der Waals surface area contributed by atoms with E-state index in [1.54, 1.807) is 6.92 Å². The van der Waals surface area contributed by atoms with Crippen LogP contribution in [-0.4, -0.2) is 35.1 Å². The van der Waals surface area contributed by atoms with Gasteiger partial charge in [0.05, 0.1) is 5.41 Å². The lowest BCUT2D eigenvalue weighted by Crippen LogP contribution is -2.67. The van der Waals surface area contributed by atoms with Crippen LogP contribution in [0, 0.1) is 62.6 Å². The van der Waals surface area contributed by atoms with Crippen LogP contribution in [0.15, 0.2) is 0 Å². The highest BCUT2D eigenvalue weighted by Gasteiger charge is 2.72. The number of hydrogen-bond donors (Lipinski definition) is 2. The Morgan fingerprint density at radius 2 is 1.53 bits per heavy atom. The van der Waals surface area contributed by atoms with Crippen molar-refractivity contribution >= 4 is 17.8 Å². The van der Waals surface area contributed by atoms with Crippen molar-refractivity contribution in [2.75, 3.05) is 0 Å². The first kappa shape index (κ1) is 32.8. The molecule has 244 valence electrons. The molecule has 5 rings (SSSR count). The predicted octanol–water partition coefficient (Wildman–Crippen LogP) is 8.03. The van der Waals surface area contributed by atoms with Crippen molar-refractivity contribution in [1.82, 2.24) is 5.32 Å². The zero-order valence-corrected chi connectivity index (χ0v) is 28.7. The number of carboxylic acids is 1. The number of amides is 1. The molecule has 0 bridgehead atoms. The van der Waals surface area contributed by atoms with Crippen molar-refractivity contribution in [3.05, 3.63) is 0 Å². The molecule has 0 spiro atoms. The van der Waals surface area contributed by atoms with Crippen LogP contribution in [0.2, 0.25) is 0 Å². The maximum Gasteiger partial charge on any atom is 0.325 e. The number of carboxylic acid groups (broad SMARTS) is 1. The summed E-state index contributed by atoms with van der Waals surface area (Å²) in [7, 11) is 0. The van der Waals surface area contributed by atoms with Crippen LogP contribution in [0.25, 0.3) is 0 Å². The Bertz CT molecular complexity index is 1120. The molecule has 0 aromatic rings. The third-order valence-electron chi connectivity index (χ3n) is 15.2. The van der Waals surface area contributed by atoms with Crippen molar-refractivity contribution in [2.24, 2.45) is 62.6 Å². The quantitative estimate of drug-likeness (QED) is 0.289. The summed E-state index contributed by atoms with van der Waals surface area (Å²) < 4.78 is 6.15. The Kier molecular flexibility index (Phi) is 8.42. The Hall–Kier alpha value is -1.59. The van der Waals surface area contributed by atoms with Gasteiger partial charge in [0, 0.05) is 11.8 Å². The first-order chi connectivity index (χ1) is 20.0. The summed E-state index contributed by atoms with van der Waals surface area (Å²) in [6.07, 6.45) is 12.0. The lowest BCUT2D eigenvalue weighted by Gasteiger charge is -2.73. The third kappa shape index (κ3) is 4.72. The molecule has 6 heteroatoms. The van der Waals surface area contributed by atoms with Gasteiger partial charge in [0.25, 0.3) is 0 Å². The van der Waals surface area contributed by atoms with E-state index in [1.165, 1.54) is 19.3 Å². The molecular weight excluding hydrogens is 538 g/mol. The number of nitrogens with one attached hydrogen (secondary N) is 1. The summed E-state index contributed by atoms with van der Waals surface area (Å²) in [5.41, 5.74) is 0.0286. The molecule has 0 heterocycles. The Labute approximate surface area is 261 Å². The maximum atomic E-state index is 14.1. The number of fused-ring (bicyclic) bond motifs is 7. The molecule has 5 aliphatic carbocycles. The molecule has 2 N–H and O–H groups in total. The first-order valence-corrected chi connectivity index (χ1v) is 17.7. The van der Waals surface area contributed by atoms with Crippen molar-refractivity contribution in [2.45, 2.75) is 152 Å². The van der Waals surface area contributed by atoms with Crippen LogP contribution >= 0.6 is 0 Å². The molecule has 0 aliphatic heterocycles. The highest BCUT2D eigenvalue weighted by atomic mass is 16.5. The molecule has 11 atom stereocenters. The van der Waals surface area contributed by atoms with E-state index in [-0.39, 0.29) is 39.6 Å². The predicted molar refractivity (Wildman–Crippen MR) is 169 cm³/mol. The Morgan fingerprint density at radius 1 is 0.837 bits per heavy atom. The molecule has 0 radical (unpaired) electrons. The van der Waals surface area contributed by atoms with Crippen LogP contribution in [0.3, 0.4) is 0 Å². The molecule has 7 unspecified atom stereocenters. The number of rotatable bonds is 7. The molecule has 0 saturated heterocycles. The van der Waals surface area contributed by atoms with Gasteiger partial charge in [0.15, 0.2) is 0 Å². The molecule has 43 heavy (non-hydrogen) atoms. The zero-order valence-electron chi connectivity index (χ0n) is 28.7. The van der Waals surface area contributed by atoms with E-state index in [1.807, 2.05) is 6.92 Å². The van der Waals surface area contributed by atoms with Gasteiger partial charge in [0.2, 0.25) is 5.91 Å². The maximum absolute atomic E-state index is 14.1. The van der Waals surface area contributed by atoms with E-state index in [4.69, 9.17) is 4.74 Å². The van der Waals surface area contributed by atoms with Crippen molar-refractivity contribution in [3.8, 4) is 0 Å². The van der Waals surface area contributed by atoms with Gasteiger partial charge in [-0.15, -0.1) is 0 Å². The lowest BCUT2D eigenvalue weighted by molar-refractivity contribution is -0.250. The molecule has 0 aromatic carbocycles. The average Bonchev–Trinajstić information content (AvgIpc) is 3.32. The monoisotopic (exact) mass is 599 g/mol. The minimum absolute atomic E-state index is 0.00163. The van der Waals surface area contributed by atoms with Gasteiger partial charge < -0.3 is 15.2 Å². The smallest absolute Gasteiger partial charge is 0.325 e. The zero-order chi connectivity index (χ0) is 31.8. The Balaban J connectivity index is 1.47. The second-order valence-electron chi connectivity index (χ2n) is 17.4. The van der Waals surface area contributed by atoms with Crippen LogP contribution < -0.4 is 5.32 Å². The van der Waals surface area contributed by atoms with Gasteiger partial charge in [-0.05, 0) is 129 Å². The second kappa shape index (κ2) is 11.0. The summed E-state index contributed by atoms with van der Waals surface area (Å²) >= 11 is 0. The highest BCUT2D eigenvalue weighted by molar-refractivity contribution is 5.88. The fourth-order valence-electron chi connectivity index (χ4n) is 12.8. The molecular formula is C37H61NO5. The fourth-order valence-corrected chi connectivity index (χ4v) is 12.8. The van der Waals surface area contributed by atoms with Crippen molar-refractivity contribution < 1.29 is 24.2 Å². The molecule has 0 aromatic heterocycles. The minimum atomic E-state index is -0.962. The molecule has 5 aliphatic rings. The van der Waals surface area contributed by atoms with Gasteiger partial charge in [-0.2, -0.15) is 0 Å². The van der Waals surface area contributed by atoms with Crippen molar-refractivity contribution in [3.63, 3.8) is 0 Å². The Morgan fingerprint density at radius 3 is 2.16 bits per heavy atom. The number of ether oxygens (including phenoxy) is 1. The topological polar surface area (TPSA) is 92.7 Å². The van der Waals surface area contributed by atoms with E-state index in [0.717, 1.165) is 51.4 Å². The average molecular weight is 600 g/mol. The van der Waals surface area contributed by atoms with E-state index in [0.29, 0.717) is 41.9 Å². The van der Waals surface area contributed by atoms with Gasteiger partial charge in [-0.3, -0.25) is 14.4 Å². The van der Waals surface area contributed by atoms with Crippen LogP contribution in [0.5, 0.6) is 0 Å². The summed E-state index contributed by atoms with van der Waals surface area (Å²) in [5, 5.41) is 12.5. The van der Waals surface area contributed by atoms with Crippen LogP contribution in [0.1, 0.15) is 139 Å². The molecule has 5 saturated carbocycles. The van der Waals surface area contributed by atoms with E-state index < -0.39 is 17.4 Å². The van der Waals surface area contributed by atoms with Crippen LogP contribution in [0.4, 0.5) is 0 Å². The number of esters is 1.